The van der Waals surface area contributed by atoms with Gasteiger partial charge >= 0.3 is 0 Å². The van der Waals surface area contributed by atoms with Crippen LogP contribution < -0.4 is 0 Å². The van der Waals surface area contributed by atoms with Crippen LogP contribution in [0, 0.1) is 0 Å². The highest BCUT2D eigenvalue weighted by Crippen LogP contribution is 2.13. The molecule has 0 spiro atoms. The summed E-state index contributed by atoms with van der Waals surface area (Å²) in [5.74, 6) is 0. The van der Waals surface area contributed by atoms with Crippen LogP contribution in [-0.4, -0.2) is 11.2 Å². The first kappa shape index (κ1) is 27.4. The van der Waals surface area contributed by atoms with E-state index in [0.717, 1.165) is 12.8 Å². The van der Waals surface area contributed by atoms with Crippen molar-refractivity contribution in [2.24, 2.45) is 0 Å². The molecule has 1 unspecified atom stereocenters. The molecule has 0 aromatic carbocycles. The number of unbranched alkanes of at least 4 members (excludes halogenated alkanes) is 11. The number of rotatable bonds is 20. The van der Waals surface area contributed by atoms with Crippen molar-refractivity contribution >= 4 is 0 Å². The highest BCUT2D eigenvalue weighted by molar-refractivity contribution is 5.18. The van der Waals surface area contributed by atoms with Crippen LogP contribution in [0.2, 0.25) is 0 Å². The summed E-state index contributed by atoms with van der Waals surface area (Å²) in [6.07, 6.45) is 40.1. The lowest BCUT2D eigenvalue weighted by molar-refractivity contribution is 0.156. The molecule has 0 aliphatic rings. The summed E-state index contributed by atoms with van der Waals surface area (Å²) in [6.45, 7) is 5.69. The average Bonchev–Trinajstić information content (AvgIpc) is 2.74. The minimum atomic E-state index is -0.0674. The topological polar surface area (TPSA) is 20.2 Å². The Morgan fingerprint density at radius 1 is 0.586 bits per heavy atom. The van der Waals surface area contributed by atoms with Crippen molar-refractivity contribution in [1.82, 2.24) is 0 Å². The molecule has 0 saturated heterocycles. The highest BCUT2D eigenvalue weighted by atomic mass is 16.3. The Labute approximate surface area is 181 Å². The monoisotopic (exact) mass is 398 g/mol. The zero-order valence-electron chi connectivity index (χ0n) is 19.0. The molecule has 1 heteroatoms. The van der Waals surface area contributed by atoms with E-state index in [9.17, 15) is 5.11 Å². The van der Waals surface area contributed by atoms with Crippen molar-refractivity contribution < 1.29 is 5.11 Å². The van der Waals surface area contributed by atoms with Gasteiger partial charge in [0.2, 0.25) is 0 Å². The molecule has 0 bridgehead atoms. The quantitative estimate of drug-likeness (QED) is 0.160. The van der Waals surface area contributed by atoms with Crippen LogP contribution in [0.15, 0.2) is 73.4 Å². The minimum absolute atomic E-state index is 0.0674. The second-order valence-corrected chi connectivity index (χ2v) is 7.73. The van der Waals surface area contributed by atoms with Crippen LogP contribution in [0.5, 0.6) is 0 Å². The molecule has 0 rings (SSSR count). The van der Waals surface area contributed by atoms with Gasteiger partial charge in [-0.15, -0.1) is 0 Å². The largest absolute Gasteiger partial charge is 0.393 e. The van der Waals surface area contributed by atoms with Gasteiger partial charge in [-0.2, -0.15) is 0 Å². The molecule has 1 nitrogen and oxygen atoms in total. The highest BCUT2D eigenvalue weighted by Gasteiger charge is 1.99. The van der Waals surface area contributed by atoms with Gasteiger partial charge in [0.25, 0.3) is 0 Å². The number of hydrogen-bond donors (Lipinski definition) is 1. The van der Waals surface area contributed by atoms with Crippen LogP contribution in [0.3, 0.4) is 0 Å². The van der Waals surface area contributed by atoms with E-state index >= 15 is 0 Å². The lowest BCUT2D eigenvalue weighted by Crippen LogP contribution is -2.03. The first-order valence-corrected chi connectivity index (χ1v) is 11.9. The van der Waals surface area contributed by atoms with Crippen molar-refractivity contribution in [2.75, 3.05) is 0 Å². The van der Waals surface area contributed by atoms with Crippen molar-refractivity contribution in [3.8, 4) is 0 Å². The normalized spacial score (nSPS) is 13.7. The lowest BCUT2D eigenvalue weighted by atomic mass is 10.0. The fraction of sp³-hybridized carbons (Fsp3) is 0.571. The van der Waals surface area contributed by atoms with Gasteiger partial charge in [-0.25, -0.2) is 0 Å². The predicted octanol–water partition coefficient (Wildman–Crippen LogP) is 8.80. The number of aliphatic hydroxyl groups excluding tert-OH is 1. The fourth-order valence-corrected chi connectivity index (χ4v) is 3.14. The third-order valence-corrected chi connectivity index (χ3v) is 5.04. The average molecular weight is 399 g/mol. The molecule has 0 fully saturated rings. The molecule has 0 aliphatic heterocycles. The molecule has 164 valence electrons. The van der Waals surface area contributed by atoms with Crippen molar-refractivity contribution in [1.29, 1.82) is 0 Å². The summed E-state index contributed by atoms with van der Waals surface area (Å²) >= 11 is 0. The van der Waals surface area contributed by atoms with E-state index in [4.69, 9.17) is 0 Å². The Morgan fingerprint density at radius 3 is 1.48 bits per heavy atom. The van der Waals surface area contributed by atoms with Crippen molar-refractivity contribution in [3.63, 3.8) is 0 Å². The first-order valence-electron chi connectivity index (χ1n) is 11.9. The Hall–Kier alpha value is -1.60. The van der Waals surface area contributed by atoms with Gasteiger partial charge < -0.3 is 5.11 Å². The third kappa shape index (κ3) is 24.4. The van der Waals surface area contributed by atoms with Gasteiger partial charge in [0.1, 0.15) is 0 Å². The van der Waals surface area contributed by atoms with Crippen LogP contribution in [-0.2, 0) is 0 Å². The maximum Gasteiger partial charge on any atom is 0.0537 e. The van der Waals surface area contributed by atoms with E-state index in [-0.39, 0.29) is 6.10 Å². The second-order valence-electron chi connectivity index (χ2n) is 7.73. The van der Waals surface area contributed by atoms with E-state index in [2.05, 4.69) is 37.8 Å². The standard InChI is InChI=1S/C28H46O/c1-3-5-6-7-8-9-10-11-12-13-14-15-16-17-18-19-20-21-22-23-24-25-26-27-28(29)4-2/h3,5-14,28-29H,1,4,15-27H2,2H3. The number of allylic oxidation sites excluding steroid dienone is 11. The molecule has 0 radical (unpaired) electrons. The van der Waals surface area contributed by atoms with Crippen LogP contribution in [0.4, 0.5) is 0 Å². The third-order valence-electron chi connectivity index (χ3n) is 5.04. The van der Waals surface area contributed by atoms with E-state index in [1.807, 2.05) is 36.5 Å². The predicted molar refractivity (Wildman–Crippen MR) is 132 cm³/mol. The molecule has 0 aliphatic carbocycles. The maximum absolute atomic E-state index is 9.51. The Morgan fingerprint density at radius 2 is 1.00 bits per heavy atom. The molecule has 29 heavy (non-hydrogen) atoms. The molecule has 0 amide bonds. The SMILES string of the molecule is C=CC=CC=CC=CC=CC=CCCCCCCCCCCCCCC(O)CC. The van der Waals surface area contributed by atoms with Gasteiger partial charge in [0.15, 0.2) is 0 Å². The van der Waals surface area contributed by atoms with Crippen molar-refractivity contribution in [2.45, 2.75) is 103 Å². The van der Waals surface area contributed by atoms with Crippen LogP contribution in [0.25, 0.3) is 0 Å². The minimum Gasteiger partial charge on any atom is -0.393 e. The zero-order valence-corrected chi connectivity index (χ0v) is 19.0. The maximum atomic E-state index is 9.51. The lowest BCUT2D eigenvalue weighted by Gasteiger charge is -2.06. The molecular formula is C28H46O. The summed E-state index contributed by atoms with van der Waals surface area (Å²) < 4.78 is 0. The molecule has 1 atom stereocenters. The van der Waals surface area contributed by atoms with E-state index in [1.165, 1.54) is 77.0 Å². The molecule has 0 aromatic heterocycles. The smallest absolute Gasteiger partial charge is 0.0537 e. The van der Waals surface area contributed by atoms with E-state index < -0.39 is 0 Å². The molecule has 1 N–H and O–H groups in total. The van der Waals surface area contributed by atoms with E-state index in [1.54, 1.807) is 6.08 Å². The van der Waals surface area contributed by atoms with Crippen LogP contribution >= 0.6 is 0 Å². The molecular weight excluding hydrogens is 352 g/mol. The molecule has 0 aromatic rings. The summed E-state index contributed by atoms with van der Waals surface area (Å²) in [5.41, 5.74) is 0. The van der Waals surface area contributed by atoms with Crippen molar-refractivity contribution in [3.05, 3.63) is 73.4 Å². The van der Waals surface area contributed by atoms with Gasteiger partial charge in [-0.05, 0) is 25.7 Å². The number of aliphatic hydroxyl groups is 1. The van der Waals surface area contributed by atoms with Gasteiger partial charge in [-0.3, -0.25) is 0 Å². The van der Waals surface area contributed by atoms with Gasteiger partial charge in [0.05, 0.1) is 6.10 Å². The summed E-state index contributed by atoms with van der Waals surface area (Å²) in [4.78, 5) is 0. The Kier molecular flexibility index (Phi) is 23.1. The number of hydrogen-bond acceptors (Lipinski definition) is 1. The van der Waals surface area contributed by atoms with Gasteiger partial charge in [-0.1, -0.05) is 145 Å². The van der Waals surface area contributed by atoms with Gasteiger partial charge in [0, 0.05) is 0 Å². The molecule has 0 heterocycles. The molecule has 0 saturated carbocycles. The fourth-order valence-electron chi connectivity index (χ4n) is 3.14. The first-order chi connectivity index (χ1) is 14.3. The zero-order chi connectivity index (χ0) is 21.3. The second kappa shape index (κ2) is 24.4. The summed E-state index contributed by atoms with van der Waals surface area (Å²) in [6, 6.07) is 0. The summed E-state index contributed by atoms with van der Waals surface area (Å²) in [7, 11) is 0. The Bertz CT molecular complexity index is 479. The summed E-state index contributed by atoms with van der Waals surface area (Å²) in [5, 5.41) is 9.51. The van der Waals surface area contributed by atoms with Crippen LogP contribution in [0.1, 0.15) is 96.8 Å². The van der Waals surface area contributed by atoms with E-state index in [0.29, 0.717) is 0 Å². The Balaban J connectivity index is 3.30.